The molecule has 0 N–H and O–H groups in total. The molecule has 18 heavy (non-hydrogen) atoms. The van der Waals surface area contributed by atoms with Crippen LogP contribution in [0.5, 0.6) is 0 Å². The zero-order valence-corrected chi connectivity index (χ0v) is 11.5. The molecule has 0 bridgehead atoms. The van der Waals surface area contributed by atoms with Gasteiger partial charge in [0.2, 0.25) is 0 Å². The molecule has 98 valence electrons. The molecule has 1 aliphatic heterocycles. The number of carbonyl (C=O) groups is 1. The van der Waals surface area contributed by atoms with Crippen molar-refractivity contribution in [1.29, 1.82) is 0 Å². The summed E-state index contributed by atoms with van der Waals surface area (Å²) in [4.78, 5) is 16.5. The molecule has 3 nitrogen and oxygen atoms in total. The molecule has 2 rings (SSSR count). The Morgan fingerprint density at radius 1 is 1.06 bits per heavy atom. The van der Waals surface area contributed by atoms with Crippen LogP contribution in [0.25, 0.3) is 0 Å². The summed E-state index contributed by atoms with van der Waals surface area (Å²) >= 11 is 0. The fourth-order valence-electron chi connectivity index (χ4n) is 2.20. The van der Waals surface area contributed by atoms with Crippen LogP contribution >= 0.6 is 0 Å². The molecule has 0 radical (unpaired) electrons. The summed E-state index contributed by atoms with van der Waals surface area (Å²) in [6.07, 6.45) is 0. The van der Waals surface area contributed by atoms with Crippen molar-refractivity contribution in [2.75, 3.05) is 33.2 Å². The monoisotopic (exact) mass is 246 g/mol. The van der Waals surface area contributed by atoms with Crippen LogP contribution in [0, 0.1) is 0 Å². The lowest BCUT2D eigenvalue weighted by Crippen LogP contribution is -2.47. The van der Waals surface area contributed by atoms with Gasteiger partial charge in [0.25, 0.3) is 5.91 Å². The Labute approximate surface area is 109 Å². The largest absolute Gasteiger partial charge is 0.336 e. The van der Waals surface area contributed by atoms with Gasteiger partial charge in [-0.05, 0) is 30.7 Å². The molecule has 0 atom stereocenters. The molecular formula is C15H22N2O. The maximum Gasteiger partial charge on any atom is 0.253 e. The first-order valence-corrected chi connectivity index (χ1v) is 6.65. The fourth-order valence-corrected chi connectivity index (χ4v) is 2.20. The molecule has 3 heteroatoms. The van der Waals surface area contributed by atoms with Crippen LogP contribution in [0.4, 0.5) is 0 Å². The predicted octanol–water partition coefficient (Wildman–Crippen LogP) is 2.20. The summed E-state index contributed by atoms with van der Waals surface area (Å²) in [5.74, 6) is 0.677. The van der Waals surface area contributed by atoms with Gasteiger partial charge in [0.1, 0.15) is 0 Å². The highest BCUT2D eigenvalue weighted by atomic mass is 16.2. The number of carbonyl (C=O) groups excluding carboxylic acids is 1. The van der Waals surface area contributed by atoms with Gasteiger partial charge in [-0.25, -0.2) is 0 Å². The number of nitrogens with zero attached hydrogens (tertiary/aromatic N) is 2. The smallest absolute Gasteiger partial charge is 0.253 e. The van der Waals surface area contributed by atoms with E-state index < -0.39 is 0 Å². The Morgan fingerprint density at radius 2 is 1.61 bits per heavy atom. The SMILES string of the molecule is CC(C)c1ccc(C(=O)N2CCN(C)CC2)cc1. The lowest BCUT2D eigenvalue weighted by atomic mass is 10.0. The Balaban J connectivity index is 2.04. The van der Waals surface area contributed by atoms with E-state index in [1.165, 1.54) is 5.56 Å². The standard InChI is InChI=1S/C15H22N2O/c1-12(2)13-4-6-14(7-5-13)15(18)17-10-8-16(3)9-11-17/h4-7,12H,8-11H2,1-3H3. The van der Waals surface area contributed by atoms with Crippen molar-refractivity contribution in [3.8, 4) is 0 Å². The van der Waals surface area contributed by atoms with Crippen LogP contribution < -0.4 is 0 Å². The maximum absolute atomic E-state index is 12.3. The molecule has 0 spiro atoms. The third-order valence-electron chi connectivity index (χ3n) is 3.61. The second-order valence-electron chi connectivity index (χ2n) is 5.37. The van der Waals surface area contributed by atoms with Crippen LogP contribution in [-0.2, 0) is 0 Å². The van der Waals surface area contributed by atoms with Crippen LogP contribution in [0.1, 0.15) is 35.7 Å². The van der Waals surface area contributed by atoms with Gasteiger partial charge >= 0.3 is 0 Å². The normalized spacial score (nSPS) is 17.2. The second-order valence-corrected chi connectivity index (χ2v) is 5.37. The minimum absolute atomic E-state index is 0.165. The average Bonchev–Trinajstić information content (AvgIpc) is 2.39. The van der Waals surface area contributed by atoms with E-state index in [4.69, 9.17) is 0 Å². The number of amides is 1. The van der Waals surface area contributed by atoms with Crippen LogP contribution in [-0.4, -0.2) is 48.9 Å². The number of likely N-dealkylation sites (N-methyl/N-ethyl adjacent to an activating group) is 1. The van der Waals surface area contributed by atoms with E-state index in [0.717, 1.165) is 31.7 Å². The van der Waals surface area contributed by atoms with Crippen molar-refractivity contribution in [3.05, 3.63) is 35.4 Å². The Hall–Kier alpha value is -1.35. The number of piperazine rings is 1. The first kappa shape index (κ1) is 13.1. The summed E-state index contributed by atoms with van der Waals surface area (Å²) in [6, 6.07) is 8.04. The van der Waals surface area contributed by atoms with Gasteiger partial charge in [-0.1, -0.05) is 26.0 Å². The number of rotatable bonds is 2. The van der Waals surface area contributed by atoms with E-state index in [-0.39, 0.29) is 5.91 Å². The van der Waals surface area contributed by atoms with Gasteiger partial charge in [-0.15, -0.1) is 0 Å². The van der Waals surface area contributed by atoms with Gasteiger partial charge in [0.15, 0.2) is 0 Å². The van der Waals surface area contributed by atoms with E-state index >= 15 is 0 Å². The van der Waals surface area contributed by atoms with Crippen LogP contribution in [0.15, 0.2) is 24.3 Å². The van der Waals surface area contributed by atoms with Crippen molar-refractivity contribution in [2.45, 2.75) is 19.8 Å². The van der Waals surface area contributed by atoms with E-state index in [9.17, 15) is 4.79 Å². The van der Waals surface area contributed by atoms with Crippen molar-refractivity contribution >= 4 is 5.91 Å². The molecule has 1 saturated heterocycles. The van der Waals surface area contributed by atoms with E-state index in [2.05, 4.69) is 37.9 Å². The molecule has 1 heterocycles. The molecule has 0 unspecified atom stereocenters. The third kappa shape index (κ3) is 2.91. The van der Waals surface area contributed by atoms with Crippen LogP contribution in [0.2, 0.25) is 0 Å². The van der Waals surface area contributed by atoms with E-state index in [0.29, 0.717) is 5.92 Å². The molecule has 0 aliphatic carbocycles. The molecular weight excluding hydrogens is 224 g/mol. The highest BCUT2D eigenvalue weighted by Gasteiger charge is 2.20. The average molecular weight is 246 g/mol. The molecule has 1 aliphatic rings. The summed E-state index contributed by atoms with van der Waals surface area (Å²) in [5, 5.41) is 0. The first-order valence-electron chi connectivity index (χ1n) is 6.65. The predicted molar refractivity (Wildman–Crippen MR) is 73.9 cm³/mol. The second kappa shape index (κ2) is 5.53. The lowest BCUT2D eigenvalue weighted by Gasteiger charge is -2.32. The van der Waals surface area contributed by atoms with Crippen molar-refractivity contribution < 1.29 is 4.79 Å². The Bertz CT molecular complexity index is 403. The van der Waals surface area contributed by atoms with Gasteiger partial charge in [0, 0.05) is 31.7 Å². The molecule has 1 aromatic rings. The number of hydrogen-bond donors (Lipinski definition) is 0. The number of benzene rings is 1. The summed E-state index contributed by atoms with van der Waals surface area (Å²) < 4.78 is 0. The highest BCUT2D eigenvalue weighted by molar-refractivity contribution is 5.94. The van der Waals surface area contributed by atoms with Crippen LogP contribution in [0.3, 0.4) is 0 Å². The van der Waals surface area contributed by atoms with Gasteiger partial charge < -0.3 is 9.80 Å². The molecule has 1 fully saturated rings. The summed E-state index contributed by atoms with van der Waals surface area (Å²) in [7, 11) is 2.10. The summed E-state index contributed by atoms with van der Waals surface area (Å²) in [5.41, 5.74) is 2.09. The molecule has 1 aromatic carbocycles. The highest BCUT2D eigenvalue weighted by Crippen LogP contribution is 2.16. The van der Waals surface area contributed by atoms with Crippen molar-refractivity contribution in [2.24, 2.45) is 0 Å². The minimum Gasteiger partial charge on any atom is -0.336 e. The van der Waals surface area contributed by atoms with Gasteiger partial charge in [0.05, 0.1) is 0 Å². The zero-order valence-electron chi connectivity index (χ0n) is 11.5. The number of hydrogen-bond acceptors (Lipinski definition) is 2. The fraction of sp³-hybridized carbons (Fsp3) is 0.533. The van der Waals surface area contributed by atoms with E-state index in [1.54, 1.807) is 0 Å². The lowest BCUT2D eigenvalue weighted by molar-refractivity contribution is 0.0664. The zero-order chi connectivity index (χ0) is 13.1. The first-order chi connectivity index (χ1) is 8.58. The molecule has 1 amide bonds. The summed E-state index contributed by atoms with van der Waals surface area (Å²) in [6.45, 7) is 7.93. The van der Waals surface area contributed by atoms with Crippen molar-refractivity contribution in [1.82, 2.24) is 9.80 Å². The topological polar surface area (TPSA) is 23.6 Å². The Morgan fingerprint density at radius 3 is 2.11 bits per heavy atom. The van der Waals surface area contributed by atoms with Gasteiger partial charge in [-0.3, -0.25) is 4.79 Å². The minimum atomic E-state index is 0.165. The Kier molecular flexibility index (Phi) is 4.02. The van der Waals surface area contributed by atoms with Gasteiger partial charge in [-0.2, -0.15) is 0 Å². The quantitative estimate of drug-likeness (QED) is 0.798. The molecule has 0 saturated carbocycles. The maximum atomic E-state index is 12.3. The van der Waals surface area contributed by atoms with E-state index in [1.807, 2.05) is 17.0 Å². The molecule has 0 aromatic heterocycles. The van der Waals surface area contributed by atoms with Crippen molar-refractivity contribution in [3.63, 3.8) is 0 Å². The third-order valence-corrected chi connectivity index (χ3v) is 3.61.